The maximum Gasteiger partial charge on any atom is 0.0224 e. The van der Waals surface area contributed by atoms with Gasteiger partial charge in [0.15, 0.2) is 0 Å². The fraction of sp³-hybridized carbons (Fsp3) is 1.00. The normalized spacial score (nSPS) is 30.4. The van der Waals surface area contributed by atoms with Crippen LogP contribution in [0.25, 0.3) is 0 Å². The molecule has 0 spiro atoms. The summed E-state index contributed by atoms with van der Waals surface area (Å²) >= 11 is 0. The number of piperidine rings is 1. The monoisotopic (exact) mass is 212 g/mol. The van der Waals surface area contributed by atoms with Gasteiger partial charge in [0.05, 0.1) is 0 Å². The lowest BCUT2D eigenvalue weighted by Crippen LogP contribution is -2.53. The second-order valence-electron chi connectivity index (χ2n) is 4.97. The molecule has 0 amide bonds. The van der Waals surface area contributed by atoms with Gasteiger partial charge in [-0.05, 0) is 32.6 Å². The summed E-state index contributed by atoms with van der Waals surface area (Å²) in [5.41, 5.74) is 5.90. The Bertz CT molecular complexity index is 170. The maximum absolute atomic E-state index is 5.90. The van der Waals surface area contributed by atoms with E-state index >= 15 is 0 Å². The molecule has 1 fully saturated rings. The summed E-state index contributed by atoms with van der Waals surface area (Å²) < 4.78 is 0. The van der Waals surface area contributed by atoms with E-state index in [0.29, 0.717) is 6.04 Å². The van der Waals surface area contributed by atoms with Crippen LogP contribution in [0.1, 0.15) is 59.3 Å². The topological polar surface area (TPSA) is 29.3 Å². The number of hydrogen-bond acceptors (Lipinski definition) is 2. The number of hydrogen-bond donors (Lipinski definition) is 1. The molecule has 3 unspecified atom stereocenters. The molecule has 0 aromatic rings. The SMILES string of the molecule is CCCC(CC)N1C(C)CCCC1CN. The Morgan fingerprint density at radius 1 is 1.33 bits per heavy atom. The van der Waals surface area contributed by atoms with Crippen LogP contribution in [-0.2, 0) is 0 Å². The van der Waals surface area contributed by atoms with E-state index in [-0.39, 0.29) is 0 Å². The molecule has 3 atom stereocenters. The third-order valence-electron chi connectivity index (χ3n) is 3.88. The maximum atomic E-state index is 5.90. The second-order valence-corrected chi connectivity index (χ2v) is 4.97. The van der Waals surface area contributed by atoms with Crippen LogP contribution in [0, 0.1) is 0 Å². The van der Waals surface area contributed by atoms with E-state index in [2.05, 4.69) is 25.7 Å². The van der Waals surface area contributed by atoms with Gasteiger partial charge in [0, 0.05) is 24.7 Å². The fourth-order valence-corrected chi connectivity index (χ4v) is 3.10. The molecule has 1 heterocycles. The average Bonchev–Trinajstić information content (AvgIpc) is 2.26. The van der Waals surface area contributed by atoms with Gasteiger partial charge in [-0.3, -0.25) is 4.90 Å². The Morgan fingerprint density at radius 2 is 2.07 bits per heavy atom. The van der Waals surface area contributed by atoms with E-state index in [4.69, 9.17) is 5.73 Å². The van der Waals surface area contributed by atoms with Crippen LogP contribution in [0.2, 0.25) is 0 Å². The van der Waals surface area contributed by atoms with E-state index in [0.717, 1.165) is 18.6 Å². The van der Waals surface area contributed by atoms with Crippen molar-refractivity contribution < 1.29 is 0 Å². The van der Waals surface area contributed by atoms with Crippen molar-refractivity contribution in [2.75, 3.05) is 6.54 Å². The number of likely N-dealkylation sites (tertiary alicyclic amines) is 1. The molecule has 1 aliphatic heterocycles. The highest BCUT2D eigenvalue weighted by Gasteiger charge is 2.31. The summed E-state index contributed by atoms with van der Waals surface area (Å²) in [5.74, 6) is 0. The minimum atomic E-state index is 0.644. The predicted octanol–water partition coefficient (Wildman–Crippen LogP) is 2.77. The minimum Gasteiger partial charge on any atom is -0.329 e. The van der Waals surface area contributed by atoms with Crippen molar-refractivity contribution in [1.29, 1.82) is 0 Å². The quantitative estimate of drug-likeness (QED) is 0.759. The van der Waals surface area contributed by atoms with Crippen molar-refractivity contribution in [2.45, 2.75) is 77.4 Å². The largest absolute Gasteiger partial charge is 0.329 e. The summed E-state index contributed by atoms with van der Waals surface area (Å²) in [4.78, 5) is 2.72. The molecule has 90 valence electrons. The Morgan fingerprint density at radius 3 is 2.60 bits per heavy atom. The first kappa shape index (κ1) is 13.0. The molecular formula is C13H28N2. The summed E-state index contributed by atoms with van der Waals surface area (Å²) in [5, 5.41) is 0. The van der Waals surface area contributed by atoms with Gasteiger partial charge in [-0.2, -0.15) is 0 Å². The van der Waals surface area contributed by atoms with Gasteiger partial charge < -0.3 is 5.73 Å². The van der Waals surface area contributed by atoms with E-state index in [1.165, 1.54) is 38.5 Å². The van der Waals surface area contributed by atoms with Gasteiger partial charge in [-0.1, -0.05) is 26.7 Å². The van der Waals surface area contributed by atoms with Gasteiger partial charge in [0.2, 0.25) is 0 Å². The molecule has 0 aromatic carbocycles. The highest BCUT2D eigenvalue weighted by atomic mass is 15.2. The first-order valence-electron chi connectivity index (χ1n) is 6.72. The third kappa shape index (κ3) is 3.18. The predicted molar refractivity (Wildman–Crippen MR) is 67.0 cm³/mol. The van der Waals surface area contributed by atoms with Crippen LogP contribution >= 0.6 is 0 Å². The van der Waals surface area contributed by atoms with Gasteiger partial charge in [-0.25, -0.2) is 0 Å². The molecule has 15 heavy (non-hydrogen) atoms. The molecule has 2 heteroatoms. The molecule has 1 aliphatic rings. The lowest BCUT2D eigenvalue weighted by Gasteiger charge is -2.45. The van der Waals surface area contributed by atoms with Crippen LogP contribution in [0.4, 0.5) is 0 Å². The zero-order valence-electron chi connectivity index (χ0n) is 10.7. The zero-order chi connectivity index (χ0) is 11.3. The molecule has 2 N–H and O–H groups in total. The molecule has 0 aliphatic carbocycles. The van der Waals surface area contributed by atoms with Gasteiger partial charge >= 0.3 is 0 Å². The smallest absolute Gasteiger partial charge is 0.0224 e. The van der Waals surface area contributed by atoms with Crippen molar-refractivity contribution in [2.24, 2.45) is 5.73 Å². The summed E-state index contributed by atoms with van der Waals surface area (Å²) in [7, 11) is 0. The molecule has 0 saturated carbocycles. The van der Waals surface area contributed by atoms with Crippen LogP contribution in [0.15, 0.2) is 0 Å². The molecule has 1 saturated heterocycles. The lowest BCUT2D eigenvalue weighted by atomic mass is 9.92. The second kappa shape index (κ2) is 6.49. The van der Waals surface area contributed by atoms with Crippen molar-refractivity contribution in [1.82, 2.24) is 4.90 Å². The highest BCUT2D eigenvalue weighted by molar-refractivity contribution is 4.87. The van der Waals surface area contributed by atoms with Crippen LogP contribution in [0.3, 0.4) is 0 Å². The summed E-state index contributed by atoms with van der Waals surface area (Å²) in [6, 6.07) is 2.15. The lowest BCUT2D eigenvalue weighted by molar-refractivity contribution is 0.0437. The Balaban J connectivity index is 2.65. The Kier molecular flexibility index (Phi) is 5.62. The molecule has 0 bridgehead atoms. The Hall–Kier alpha value is -0.0800. The van der Waals surface area contributed by atoms with E-state index in [9.17, 15) is 0 Å². The molecule has 0 radical (unpaired) electrons. The number of rotatable bonds is 5. The summed E-state index contributed by atoms with van der Waals surface area (Å²) in [6.45, 7) is 7.81. The number of nitrogens with zero attached hydrogens (tertiary/aromatic N) is 1. The molecular weight excluding hydrogens is 184 g/mol. The first-order chi connectivity index (χ1) is 7.24. The van der Waals surface area contributed by atoms with E-state index < -0.39 is 0 Å². The first-order valence-corrected chi connectivity index (χ1v) is 6.72. The van der Waals surface area contributed by atoms with Crippen molar-refractivity contribution in [3.8, 4) is 0 Å². The highest BCUT2D eigenvalue weighted by Crippen LogP contribution is 2.27. The van der Waals surface area contributed by atoms with Gasteiger partial charge in [0.25, 0.3) is 0 Å². The van der Waals surface area contributed by atoms with Crippen molar-refractivity contribution in [3.63, 3.8) is 0 Å². The third-order valence-corrected chi connectivity index (χ3v) is 3.88. The molecule has 0 aromatic heterocycles. The standard InChI is InChI=1S/C13H28N2/c1-4-7-12(5-2)15-11(3)8-6-9-13(15)10-14/h11-13H,4-10,14H2,1-3H3. The minimum absolute atomic E-state index is 0.644. The van der Waals surface area contributed by atoms with Crippen LogP contribution in [0.5, 0.6) is 0 Å². The van der Waals surface area contributed by atoms with Gasteiger partial charge in [0.1, 0.15) is 0 Å². The van der Waals surface area contributed by atoms with Crippen molar-refractivity contribution in [3.05, 3.63) is 0 Å². The molecule has 2 nitrogen and oxygen atoms in total. The van der Waals surface area contributed by atoms with E-state index in [1.54, 1.807) is 0 Å². The average molecular weight is 212 g/mol. The number of nitrogens with two attached hydrogens (primary N) is 1. The van der Waals surface area contributed by atoms with Crippen molar-refractivity contribution >= 4 is 0 Å². The zero-order valence-corrected chi connectivity index (χ0v) is 10.7. The molecule has 1 rings (SSSR count). The Labute approximate surface area is 95.2 Å². The fourth-order valence-electron chi connectivity index (χ4n) is 3.10. The van der Waals surface area contributed by atoms with Crippen LogP contribution < -0.4 is 5.73 Å². The van der Waals surface area contributed by atoms with Crippen LogP contribution in [-0.4, -0.2) is 29.6 Å². The van der Waals surface area contributed by atoms with Gasteiger partial charge in [-0.15, -0.1) is 0 Å². The summed E-state index contributed by atoms with van der Waals surface area (Å²) in [6.07, 6.45) is 7.92. The van der Waals surface area contributed by atoms with E-state index in [1.807, 2.05) is 0 Å².